The van der Waals surface area contributed by atoms with Crippen LogP contribution in [-0.4, -0.2) is 20.2 Å². The SMILES string of the molecule is Cc1cnc2c(n1)C(O)C(O)c1cc(C)sc1-2. The molecule has 5 heteroatoms. The lowest BCUT2D eigenvalue weighted by Crippen LogP contribution is -2.18. The molecule has 2 aromatic heterocycles. The summed E-state index contributed by atoms with van der Waals surface area (Å²) < 4.78 is 0. The number of rotatable bonds is 0. The van der Waals surface area contributed by atoms with Gasteiger partial charge in [0.2, 0.25) is 0 Å². The van der Waals surface area contributed by atoms with Crippen LogP contribution in [0.5, 0.6) is 0 Å². The number of thiophene rings is 1. The van der Waals surface area contributed by atoms with Gasteiger partial charge in [-0.2, -0.15) is 0 Å². The van der Waals surface area contributed by atoms with Gasteiger partial charge in [0, 0.05) is 16.6 Å². The summed E-state index contributed by atoms with van der Waals surface area (Å²) in [5, 5.41) is 20.1. The largest absolute Gasteiger partial charge is 0.385 e. The van der Waals surface area contributed by atoms with Crippen LogP contribution in [0.3, 0.4) is 0 Å². The molecular weight excluding hydrogens is 236 g/mol. The first-order chi connectivity index (χ1) is 8.08. The topological polar surface area (TPSA) is 66.2 Å². The lowest BCUT2D eigenvalue weighted by Gasteiger charge is -2.24. The van der Waals surface area contributed by atoms with E-state index in [9.17, 15) is 10.2 Å². The standard InChI is InChI=1S/C12H12N2O2S/c1-5-4-13-9-8(14-5)11(16)10(15)7-3-6(2)17-12(7)9/h3-4,10-11,15-16H,1-2H3. The second kappa shape index (κ2) is 3.60. The number of aromatic nitrogens is 2. The van der Waals surface area contributed by atoms with Crippen molar-refractivity contribution in [2.45, 2.75) is 26.1 Å². The van der Waals surface area contributed by atoms with Crippen LogP contribution in [0.1, 0.15) is 34.0 Å². The van der Waals surface area contributed by atoms with E-state index < -0.39 is 12.2 Å². The number of hydrogen-bond acceptors (Lipinski definition) is 5. The second-order valence-electron chi connectivity index (χ2n) is 4.28. The summed E-state index contributed by atoms with van der Waals surface area (Å²) in [5.41, 5.74) is 2.67. The molecule has 2 aromatic rings. The molecule has 1 aliphatic rings. The van der Waals surface area contributed by atoms with Crippen molar-refractivity contribution in [3.8, 4) is 10.6 Å². The minimum Gasteiger partial charge on any atom is -0.385 e. The van der Waals surface area contributed by atoms with Crippen molar-refractivity contribution in [2.75, 3.05) is 0 Å². The maximum Gasteiger partial charge on any atom is 0.128 e. The van der Waals surface area contributed by atoms with Crippen LogP contribution in [-0.2, 0) is 0 Å². The molecule has 2 N–H and O–H groups in total. The summed E-state index contributed by atoms with van der Waals surface area (Å²) in [4.78, 5) is 10.6. The highest BCUT2D eigenvalue weighted by molar-refractivity contribution is 7.15. The zero-order chi connectivity index (χ0) is 12.2. The summed E-state index contributed by atoms with van der Waals surface area (Å²) in [6, 6.07) is 1.90. The Hall–Kier alpha value is -1.30. The van der Waals surface area contributed by atoms with E-state index in [4.69, 9.17) is 0 Å². The lowest BCUT2D eigenvalue weighted by molar-refractivity contribution is 0.0130. The van der Waals surface area contributed by atoms with Gasteiger partial charge >= 0.3 is 0 Å². The van der Waals surface area contributed by atoms with Crippen LogP contribution < -0.4 is 0 Å². The molecule has 0 spiro atoms. The van der Waals surface area contributed by atoms with Gasteiger partial charge in [0.1, 0.15) is 17.9 Å². The fourth-order valence-corrected chi connectivity index (χ4v) is 3.19. The predicted octanol–water partition coefficient (Wildman–Crippen LogP) is 1.90. The van der Waals surface area contributed by atoms with Gasteiger partial charge in [-0.25, -0.2) is 0 Å². The molecule has 4 nitrogen and oxygen atoms in total. The zero-order valence-corrected chi connectivity index (χ0v) is 10.3. The minimum atomic E-state index is -0.987. The Labute approximate surface area is 103 Å². The summed E-state index contributed by atoms with van der Waals surface area (Å²) in [7, 11) is 0. The number of fused-ring (bicyclic) bond motifs is 3. The smallest absolute Gasteiger partial charge is 0.128 e. The van der Waals surface area contributed by atoms with E-state index in [0.29, 0.717) is 11.4 Å². The predicted molar refractivity (Wildman–Crippen MR) is 64.7 cm³/mol. The molecule has 2 unspecified atom stereocenters. The maximum atomic E-state index is 10.1. The highest BCUT2D eigenvalue weighted by Crippen LogP contribution is 2.46. The Balaban J connectivity index is 2.31. The van der Waals surface area contributed by atoms with E-state index in [1.165, 1.54) is 0 Å². The number of hydrogen-bond donors (Lipinski definition) is 2. The average molecular weight is 248 g/mol. The molecule has 3 rings (SSSR count). The van der Waals surface area contributed by atoms with Crippen molar-refractivity contribution in [1.82, 2.24) is 9.97 Å². The molecule has 0 saturated heterocycles. The van der Waals surface area contributed by atoms with Gasteiger partial charge in [0.05, 0.1) is 16.3 Å². The molecule has 0 fully saturated rings. The van der Waals surface area contributed by atoms with Gasteiger partial charge in [-0.15, -0.1) is 11.3 Å². The number of aliphatic hydroxyl groups is 2. The Bertz CT molecular complexity index is 594. The van der Waals surface area contributed by atoms with E-state index in [1.807, 2.05) is 19.9 Å². The molecule has 0 aliphatic heterocycles. The summed E-state index contributed by atoms with van der Waals surface area (Å²) >= 11 is 1.57. The molecule has 1 aliphatic carbocycles. The molecule has 0 radical (unpaired) electrons. The van der Waals surface area contributed by atoms with Gasteiger partial charge < -0.3 is 10.2 Å². The first-order valence-corrected chi connectivity index (χ1v) is 6.20. The Kier molecular flexibility index (Phi) is 2.29. The molecule has 17 heavy (non-hydrogen) atoms. The second-order valence-corrected chi connectivity index (χ2v) is 5.53. The third-order valence-electron chi connectivity index (χ3n) is 2.92. The average Bonchev–Trinajstić information content (AvgIpc) is 2.68. The first-order valence-electron chi connectivity index (χ1n) is 5.38. The fraction of sp³-hybridized carbons (Fsp3) is 0.333. The third-order valence-corrected chi connectivity index (χ3v) is 3.99. The van der Waals surface area contributed by atoms with Crippen LogP contribution in [0.15, 0.2) is 12.3 Å². The number of aryl methyl sites for hydroxylation is 2. The monoisotopic (exact) mass is 248 g/mol. The Morgan fingerprint density at radius 3 is 2.76 bits per heavy atom. The van der Waals surface area contributed by atoms with E-state index in [0.717, 1.165) is 21.0 Å². The Morgan fingerprint density at radius 2 is 2.00 bits per heavy atom. The molecule has 0 bridgehead atoms. The van der Waals surface area contributed by atoms with E-state index in [2.05, 4.69) is 9.97 Å². The van der Waals surface area contributed by atoms with Crippen molar-refractivity contribution in [1.29, 1.82) is 0 Å². The Morgan fingerprint density at radius 1 is 1.24 bits per heavy atom. The fourth-order valence-electron chi connectivity index (χ4n) is 2.14. The van der Waals surface area contributed by atoms with Gasteiger partial charge in [-0.1, -0.05) is 0 Å². The van der Waals surface area contributed by atoms with Crippen LogP contribution in [0.25, 0.3) is 10.6 Å². The quantitative estimate of drug-likeness (QED) is 0.747. The zero-order valence-electron chi connectivity index (χ0n) is 9.51. The van der Waals surface area contributed by atoms with Crippen molar-refractivity contribution in [3.63, 3.8) is 0 Å². The lowest BCUT2D eigenvalue weighted by atomic mass is 9.93. The van der Waals surface area contributed by atoms with Crippen molar-refractivity contribution >= 4 is 11.3 Å². The summed E-state index contributed by atoms with van der Waals surface area (Å²) in [6.07, 6.45) is -0.209. The molecule has 2 atom stereocenters. The summed E-state index contributed by atoms with van der Waals surface area (Å²) in [5.74, 6) is 0. The van der Waals surface area contributed by atoms with Crippen LogP contribution in [0, 0.1) is 13.8 Å². The third kappa shape index (κ3) is 1.50. The van der Waals surface area contributed by atoms with E-state index in [1.54, 1.807) is 17.5 Å². The van der Waals surface area contributed by atoms with Crippen LogP contribution >= 0.6 is 11.3 Å². The number of nitrogens with zero attached hydrogens (tertiary/aromatic N) is 2. The molecule has 2 heterocycles. The molecule has 88 valence electrons. The number of aliphatic hydroxyl groups excluding tert-OH is 2. The normalized spacial score (nSPS) is 22.1. The van der Waals surface area contributed by atoms with Gasteiger partial charge in [-0.05, 0) is 19.9 Å². The first kappa shape index (κ1) is 10.8. The van der Waals surface area contributed by atoms with Crippen LogP contribution in [0.2, 0.25) is 0 Å². The van der Waals surface area contributed by atoms with Crippen LogP contribution in [0.4, 0.5) is 0 Å². The summed E-state index contributed by atoms with van der Waals surface area (Å²) in [6.45, 7) is 3.80. The van der Waals surface area contributed by atoms with Gasteiger partial charge in [-0.3, -0.25) is 9.97 Å². The van der Waals surface area contributed by atoms with E-state index in [-0.39, 0.29) is 0 Å². The van der Waals surface area contributed by atoms with Gasteiger partial charge in [0.15, 0.2) is 0 Å². The van der Waals surface area contributed by atoms with Crippen molar-refractivity contribution in [2.24, 2.45) is 0 Å². The molecule has 0 saturated carbocycles. The molecular formula is C12H12N2O2S. The molecule has 0 aromatic carbocycles. The molecule has 0 amide bonds. The van der Waals surface area contributed by atoms with E-state index >= 15 is 0 Å². The van der Waals surface area contributed by atoms with Gasteiger partial charge in [0.25, 0.3) is 0 Å². The highest BCUT2D eigenvalue weighted by Gasteiger charge is 2.34. The van der Waals surface area contributed by atoms with Crippen molar-refractivity contribution in [3.05, 3.63) is 34.1 Å². The van der Waals surface area contributed by atoms with Crippen molar-refractivity contribution < 1.29 is 10.2 Å². The minimum absolute atomic E-state index is 0.479. The highest BCUT2D eigenvalue weighted by atomic mass is 32.1. The maximum absolute atomic E-state index is 10.1.